The molecule has 0 saturated carbocycles. The number of anilines is 1. The Labute approximate surface area is 229 Å². The molecule has 4 aromatic rings. The summed E-state index contributed by atoms with van der Waals surface area (Å²) in [6.45, 7) is 1.27. The third-order valence-electron chi connectivity index (χ3n) is 6.04. The Morgan fingerprint density at radius 3 is 2.31 bits per heavy atom. The summed E-state index contributed by atoms with van der Waals surface area (Å²) in [6, 6.07) is 16.7. The van der Waals surface area contributed by atoms with Gasteiger partial charge in [-0.15, -0.1) is 0 Å². The minimum Gasteiger partial charge on any atom is -0.392 e. The number of benzene rings is 2. The zero-order valence-corrected chi connectivity index (χ0v) is 22.6. The van der Waals surface area contributed by atoms with Gasteiger partial charge in [0.2, 0.25) is 11.8 Å². The number of carbonyl (C=O) groups is 1. The molecule has 2 aromatic carbocycles. The summed E-state index contributed by atoms with van der Waals surface area (Å²) in [7, 11) is 5.07. The van der Waals surface area contributed by atoms with Crippen molar-refractivity contribution < 1.29 is 22.7 Å². The smallest absolute Gasteiger partial charge is 0.392 e. The topological polar surface area (TPSA) is 63.5 Å². The fourth-order valence-electron chi connectivity index (χ4n) is 4.22. The Bertz CT molecular complexity index is 1450. The SMILES string of the molecule is Cc1c(-c2ccc(Cl)cc2)c(OC(=O)N(C)Cc2ccnc(N(C)C)n2)n(Cc2ccccc2)c1C(F)(F)F. The lowest BCUT2D eigenvalue weighted by Gasteiger charge is -2.20. The molecule has 0 atom stereocenters. The second-order valence-corrected chi connectivity index (χ2v) is 9.63. The Hall–Kier alpha value is -4.05. The van der Waals surface area contributed by atoms with E-state index in [1.165, 1.54) is 18.9 Å². The van der Waals surface area contributed by atoms with Gasteiger partial charge in [-0.1, -0.05) is 54.1 Å². The van der Waals surface area contributed by atoms with E-state index in [2.05, 4.69) is 9.97 Å². The molecule has 0 aliphatic heterocycles. The van der Waals surface area contributed by atoms with E-state index >= 15 is 0 Å². The maximum Gasteiger partial charge on any atom is 0.431 e. The van der Waals surface area contributed by atoms with Crippen LogP contribution >= 0.6 is 11.6 Å². The first-order chi connectivity index (χ1) is 18.5. The molecule has 39 heavy (non-hydrogen) atoms. The van der Waals surface area contributed by atoms with Gasteiger partial charge in [0.1, 0.15) is 5.69 Å². The molecular weight excluding hydrogens is 531 g/mol. The van der Waals surface area contributed by atoms with E-state index in [4.69, 9.17) is 16.3 Å². The maximum atomic E-state index is 14.5. The third-order valence-corrected chi connectivity index (χ3v) is 6.29. The summed E-state index contributed by atoms with van der Waals surface area (Å²) in [6.07, 6.45) is -3.98. The molecule has 0 N–H and O–H groups in total. The predicted octanol–water partition coefficient (Wildman–Crippen LogP) is 6.67. The predicted molar refractivity (Wildman–Crippen MR) is 144 cm³/mol. The number of hydrogen-bond acceptors (Lipinski definition) is 5. The molecular formula is C28H27ClF3N5O2. The van der Waals surface area contributed by atoms with E-state index in [0.717, 1.165) is 4.57 Å². The van der Waals surface area contributed by atoms with Crippen molar-refractivity contribution in [2.45, 2.75) is 26.2 Å². The molecule has 11 heteroatoms. The number of carbonyl (C=O) groups excluding carboxylic acids is 1. The number of rotatable bonds is 7. The normalized spacial score (nSPS) is 11.4. The highest BCUT2D eigenvalue weighted by Gasteiger charge is 2.41. The van der Waals surface area contributed by atoms with E-state index in [9.17, 15) is 18.0 Å². The van der Waals surface area contributed by atoms with Crippen LogP contribution < -0.4 is 9.64 Å². The van der Waals surface area contributed by atoms with Crippen molar-refractivity contribution in [1.82, 2.24) is 19.4 Å². The lowest BCUT2D eigenvalue weighted by Crippen LogP contribution is -2.31. The molecule has 0 bridgehead atoms. The van der Waals surface area contributed by atoms with Crippen LogP contribution in [0.4, 0.5) is 23.9 Å². The molecule has 0 fully saturated rings. The summed E-state index contributed by atoms with van der Waals surface area (Å²) < 4.78 is 50.2. The number of amides is 1. The van der Waals surface area contributed by atoms with Gasteiger partial charge in [0.15, 0.2) is 0 Å². The highest BCUT2D eigenvalue weighted by atomic mass is 35.5. The summed E-state index contributed by atoms with van der Waals surface area (Å²) >= 11 is 6.04. The van der Waals surface area contributed by atoms with E-state index in [1.807, 2.05) is 0 Å². The summed E-state index contributed by atoms with van der Waals surface area (Å²) in [4.78, 5) is 24.8. The average Bonchev–Trinajstić information content (AvgIpc) is 3.15. The van der Waals surface area contributed by atoms with E-state index in [1.54, 1.807) is 85.9 Å². The second-order valence-electron chi connectivity index (χ2n) is 9.20. The van der Waals surface area contributed by atoms with Gasteiger partial charge < -0.3 is 19.1 Å². The van der Waals surface area contributed by atoms with Crippen molar-refractivity contribution in [2.24, 2.45) is 0 Å². The first kappa shape index (κ1) is 28.0. The molecule has 1 amide bonds. The van der Waals surface area contributed by atoms with E-state index < -0.39 is 18.0 Å². The summed E-state index contributed by atoms with van der Waals surface area (Å²) in [5, 5.41) is 0.427. The van der Waals surface area contributed by atoms with Crippen LogP contribution in [0.5, 0.6) is 5.88 Å². The molecule has 2 heterocycles. The molecule has 204 valence electrons. The van der Waals surface area contributed by atoms with Gasteiger partial charge in [0, 0.05) is 37.9 Å². The minimum absolute atomic E-state index is 0.0577. The van der Waals surface area contributed by atoms with Crippen molar-refractivity contribution >= 4 is 23.6 Å². The number of halogens is 4. The zero-order valence-electron chi connectivity index (χ0n) is 21.8. The van der Waals surface area contributed by atoms with Crippen LogP contribution in [-0.4, -0.2) is 46.7 Å². The van der Waals surface area contributed by atoms with Crippen molar-refractivity contribution in [3.8, 4) is 17.0 Å². The highest BCUT2D eigenvalue weighted by molar-refractivity contribution is 6.30. The van der Waals surface area contributed by atoms with Gasteiger partial charge in [0.05, 0.1) is 18.8 Å². The lowest BCUT2D eigenvalue weighted by atomic mass is 10.0. The third kappa shape index (κ3) is 6.34. The second kappa shape index (κ2) is 11.4. The standard InChI is InChI=1S/C28H27ClF3N5O2/c1-18-23(20-10-12-21(29)13-11-20)25(37(24(18)28(30,31)32)16-19-8-6-5-7-9-19)39-27(38)36(4)17-22-14-15-33-26(34-22)35(2)3/h5-15H,16-17H2,1-4H3. The van der Waals surface area contributed by atoms with Crippen molar-refractivity contribution in [2.75, 3.05) is 26.0 Å². The van der Waals surface area contributed by atoms with Crippen LogP contribution in [0.25, 0.3) is 11.1 Å². The fraction of sp³-hybridized carbons (Fsp3) is 0.250. The number of ether oxygens (including phenoxy) is 1. The van der Waals surface area contributed by atoms with Crippen molar-refractivity contribution in [1.29, 1.82) is 0 Å². The highest BCUT2D eigenvalue weighted by Crippen LogP contribution is 2.45. The van der Waals surface area contributed by atoms with Gasteiger partial charge in [0.25, 0.3) is 0 Å². The largest absolute Gasteiger partial charge is 0.431 e. The maximum absolute atomic E-state index is 14.5. The number of hydrogen-bond donors (Lipinski definition) is 0. The Morgan fingerprint density at radius 1 is 1.03 bits per heavy atom. The zero-order chi connectivity index (χ0) is 28.3. The molecule has 2 aromatic heterocycles. The van der Waals surface area contributed by atoms with E-state index in [-0.39, 0.29) is 30.1 Å². The molecule has 7 nitrogen and oxygen atoms in total. The summed E-state index contributed by atoms with van der Waals surface area (Å²) in [5.41, 5.74) is 0.798. The Morgan fingerprint density at radius 2 is 1.69 bits per heavy atom. The van der Waals surface area contributed by atoms with Crippen LogP contribution in [0.1, 0.15) is 22.5 Å². The molecule has 0 saturated heterocycles. The van der Waals surface area contributed by atoms with Crippen molar-refractivity contribution in [3.05, 3.63) is 94.4 Å². The van der Waals surface area contributed by atoms with Crippen molar-refractivity contribution in [3.63, 3.8) is 0 Å². The fourth-order valence-corrected chi connectivity index (χ4v) is 4.35. The van der Waals surface area contributed by atoms with Gasteiger partial charge in [-0.3, -0.25) is 0 Å². The van der Waals surface area contributed by atoms with Crippen LogP contribution in [0.15, 0.2) is 66.9 Å². The molecule has 0 spiro atoms. The van der Waals surface area contributed by atoms with Gasteiger partial charge in [-0.05, 0) is 41.8 Å². The average molecular weight is 558 g/mol. The van der Waals surface area contributed by atoms with Gasteiger partial charge in [-0.2, -0.15) is 13.2 Å². The van der Waals surface area contributed by atoms with Gasteiger partial charge >= 0.3 is 12.3 Å². The summed E-state index contributed by atoms with van der Waals surface area (Å²) in [5.74, 6) is 0.251. The monoisotopic (exact) mass is 557 g/mol. The number of aromatic nitrogens is 3. The van der Waals surface area contributed by atoms with Crippen LogP contribution in [-0.2, 0) is 19.3 Å². The Balaban J connectivity index is 1.79. The lowest BCUT2D eigenvalue weighted by molar-refractivity contribution is -0.144. The quantitative estimate of drug-likeness (QED) is 0.254. The minimum atomic E-state index is -4.71. The van der Waals surface area contributed by atoms with Crippen LogP contribution in [0.2, 0.25) is 5.02 Å². The molecule has 0 aliphatic rings. The molecule has 0 radical (unpaired) electrons. The molecule has 4 rings (SSSR count). The number of nitrogens with zero attached hydrogens (tertiary/aromatic N) is 5. The molecule has 0 aliphatic carbocycles. The van der Waals surface area contributed by atoms with Crippen LogP contribution in [0.3, 0.4) is 0 Å². The first-order valence-electron chi connectivity index (χ1n) is 12.0. The van der Waals surface area contributed by atoms with E-state index in [0.29, 0.717) is 27.8 Å². The number of alkyl halides is 3. The van der Waals surface area contributed by atoms with Crippen LogP contribution in [0, 0.1) is 6.92 Å². The molecule has 0 unspecified atom stereocenters. The first-order valence-corrected chi connectivity index (χ1v) is 12.4. The van der Waals surface area contributed by atoms with Gasteiger partial charge in [-0.25, -0.2) is 14.8 Å². The Kier molecular flexibility index (Phi) is 8.15.